The summed E-state index contributed by atoms with van der Waals surface area (Å²) < 4.78 is 4.26. The normalized spacial score (nSPS) is 10.1. The van der Waals surface area contributed by atoms with Crippen molar-refractivity contribution in [1.82, 2.24) is 0 Å². The van der Waals surface area contributed by atoms with Crippen LogP contribution in [0.25, 0.3) is 6.08 Å². The minimum Gasteiger partial charge on any atom is -0.380 e. The lowest BCUT2D eigenvalue weighted by atomic mass is 10.2. The van der Waals surface area contributed by atoms with Gasteiger partial charge in [-0.2, -0.15) is 0 Å². The van der Waals surface area contributed by atoms with Crippen molar-refractivity contribution >= 4 is 28.3 Å². The van der Waals surface area contributed by atoms with Gasteiger partial charge >= 0.3 is 5.97 Å². The zero-order valence-electron chi connectivity index (χ0n) is 6.24. The van der Waals surface area contributed by atoms with Gasteiger partial charge in [0.05, 0.1) is 0 Å². The average Bonchev–Trinajstić information content (AvgIpc) is 2.16. The highest BCUT2D eigenvalue weighted by Crippen LogP contribution is 2.01. The van der Waals surface area contributed by atoms with E-state index in [1.807, 2.05) is 30.3 Å². The summed E-state index contributed by atoms with van der Waals surface area (Å²) in [6.07, 6.45) is 3.04. The predicted octanol–water partition coefficient (Wildman–Crippen LogP) is 2.55. The van der Waals surface area contributed by atoms with Crippen molar-refractivity contribution < 1.29 is 8.62 Å². The highest BCUT2D eigenvalue weighted by molar-refractivity contribution is 9.06. The van der Waals surface area contributed by atoms with Crippen molar-refractivity contribution in [3.05, 3.63) is 42.0 Å². The molecule has 0 saturated carbocycles. The van der Waals surface area contributed by atoms with Crippen LogP contribution >= 0.6 is 16.3 Å². The van der Waals surface area contributed by atoms with Gasteiger partial charge in [0.1, 0.15) is 0 Å². The molecule has 1 aromatic carbocycles. The molecule has 0 spiro atoms. The van der Waals surface area contributed by atoms with Crippen LogP contribution in [-0.4, -0.2) is 5.97 Å². The van der Waals surface area contributed by atoms with Gasteiger partial charge in [0.2, 0.25) is 0 Å². The Morgan fingerprint density at radius 3 is 2.58 bits per heavy atom. The van der Waals surface area contributed by atoms with E-state index in [-0.39, 0.29) is 0 Å². The first-order chi connectivity index (χ1) is 5.83. The van der Waals surface area contributed by atoms with Crippen molar-refractivity contribution in [1.29, 1.82) is 0 Å². The molecule has 0 aliphatic carbocycles. The molecule has 2 nitrogen and oxygen atoms in total. The van der Waals surface area contributed by atoms with Crippen molar-refractivity contribution in [2.75, 3.05) is 0 Å². The molecule has 0 saturated heterocycles. The standard InChI is InChI=1S/C9H7BrO2/c10-12-9(11)7-6-8-4-2-1-3-5-8/h1-7H. The van der Waals surface area contributed by atoms with Crippen LogP contribution in [0.15, 0.2) is 36.4 Å². The molecule has 0 aromatic heterocycles. The van der Waals surface area contributed by atoms with Crippen molar-refractivity contribution in [2.45, 2.75) is 0 Å². The van der Waals surface area contributed by atoms with Crippen molar-refractivity contribution in [3.8, 4) is 0 Å². The van der Waals surface area contributed by atoms with E-state index in [9.17, 15) is 4.79 Å². The number of hydrogen-bond acceptors (Lipinski definition) is 2. The lowest BCUT2D eigenvalue weighted by Gasteiger charge is -1.89. The summed E-state index contributed by atoms with van der Waals surface area (Å²) in [5, 5.41) is 0. The van der Waals surface area contributed by atoms with Gasteiger partial charge in [0.15, 0.2) is 16.3 Å². The largest absolute Gasteiger partial charge is 0.380 e. The Balaban J connectivity index is 2.64. The number of rotatable bonds is 2. The number of benzene rings is 1. The summed E-state index contributed by atoms with van der Waals surface area (Å²) in [4.78, 5) is 10.6. The Hall–Kier alpha value is -1.09. The predicted molar refractivity (Wildman–Crippen MR) is 50.5 cm³/mol. The molecular weight excluding hydrogens is 220 g/mol. The molecule has 0 amide bonds. The van der Waals surface area contributed by atoms with Gasteiger partial charge in [-0.15, -0.1) is 0 Å². The zero-order chi connectivity index (χ0) is 8.81. The maximum Gasteiger partial charge on any atom is 0.342 e. The Bertz CT molecular complexity index is 280. The van der Waals surface area contributed by atoms with Crippen LogP contribution in [0.3, 0.4) is 0 Å². The Morgan fingerprint density at radius 1 is 1.33 bits per heavy atom. The summed E-state index contributed by atoms with van der Waals surface area (Å²) in [7, 11) is 0. The number of halogens is 1. The summed E-state index contributed by atoms with van der Waals surface area (Å²) >= 11 is 2.59. The van der Waals surface area contributed by atoms with Gasteiger partial charge in [-0.3, -0.25) is 0 Å². The highest BCUT2D eigenvalue weighted by Gasteiger charge is 1.91. The average molecular weight is 227 g/mol. The first-order valence-corrected chi connectivity index (χ1v) is 4.03. The number of carbonyl (C=O) groups excluding carboxylic acids is 1. The molecule has 62 valence electrons. The van der Waals surface area contributed by atoms with E-state index in [1.165, 1.54) is 6.08 Å². The van der Waals surface area contributed by atoms with E-state index in [0.29, 0.717) is 0 Å². The van der Waals surface area contributed by atoms with Crippen LogP contribution < -0.4 is 0 Å². The van der Waals surface area contributed by atoms with Gasteiger partial charge in [-0.05, 0) is 11.6 Å². The smallest absolute Gasteiger partial charge is 0.342 e. The lowest BCUT2D eigenvalue weighted by Crippen LogP contribution is -1.87. The Labute approximate surface area is 79.3 Å². The van der Waals surface area contributed by atoms with E-state index in [0.717, 1.165) is 5.56 Å². The molecule has 0 unspecified atom stereocenters. The van der Waals surface area contributed by atoms with Gasteiger partial charge in [0.25, 0.3) is 0 Å². The molecule has 0 N–H and O–H groups in total. The molecule has 0 aliphatic heterocycles. The second-order valence-electron chi connectivity index (χ2n) is 2.14. The molecule has 3 heteroatoms. The molecular formula is C9H7BrO2. The van der Waals surface area contributed by atoms with E-state index >= 15 is 0 Å². The third kappa shape index (κ3) is 2.88. The Kier molecular flexibility index (Phi) is 3.54. The molecule has 1 rings (SSSR count). The first-order valence-electron chi connectivity index (χ1n) is 3.38. The van der Waals surface area contributed by atoms with Crippen LogP contribution in [-0.2, 0) is 8.62 Å². The maximum atomic E-state index is 10.6. The van der Waals surface area contributed by atoms with Crippen molar-refractivity contribution in [3.63, 3.8) is 0 Å². The molecule has 1 aromatic rings. The molecule has 0 bridgehead atoms. The summed E-state index contributed by atoms with van der Waals surface area (Å²) in [6.45, 7) is 0. The third-order valence-corrected chi connectivity index (χ3v) is 1.61. The summed E-state index contributed by atoms with van der Waals surface area (Å²) in [5.41, 5.74) is 0.968. The van der Waals surface area contributed by atoms with Gasteiger partial charge < -0.3 is 3.83 Å². The lowest BCUT2D eigenvalue weighted by molar-refractivity contribution is -0.126. The van der Waals surface area contributed by atoms with Gasteiger partial charge in [-0.1, -0.05) is 30.3 Å². The van der Waals surface area contributed by atoms with E-state index < -0.39 is 5.97 Å². The SMILES string of the molecule is O=C(C=Cc1ccccc1)OBr. The van der Waals surface area contributed by atoms with Gasteiger partial charge in [0, 0.05) is 6.08 Å². The number of hydrogen-bond donors (Lipinski definition) is 0. The molecule has 0 heterocycles. The zero-order valence-corrected chi connectivity index (χ0v) is 7.82. The monoisotopic (exact) mass is 226 g/mol. The molecule has 12 heavy (non-hydrogen) atoms. The molecule has 0 atom stereocenters. The van der Waals surface area contributed by atoms with Crippen molar-refractivity contribution in [2.24, 2.45) is 0 Å². The van der Waals surface area contributed by atoms with Crippen LogP contribution in [0.1, 0.15) is 5.56 Å². The molecule has 0 fully saturated rings. The minimum absolute atomic E-state index is 0.418. The second kappa shape index (κ2) is 4.72. The fourth-order valence-electron chi connectivity index (χ4n) is 0.754. The van der Waals surface area contributed by atoms with Crippen LogP contribution in [0, 0.1) is 0 Å². The third-order valence-electron chi connectivity index (χ3n) is 1.29. The summed E-state index contributed by atoms with van der Waals surface area (Å²) in [6, 6.07) is 9.52. The van der Waals surface area contributed by atoms with Gasteiger partial charge in [-0.25, -0.2) is 4.79 Å². The van der Waals surface area contributed by atoms with Crippen LogP contribution in [0.2, 0.25) is 0 Å². The van der Waals surface area contributed by atoms with E-state index in [2.05, 4.69) is 20.1 Å². The highest BCUT2D eigenvalue weighted by atomic mass is 79.9. The minimum atomic E-state index is -0.418. The molecule has 0 radical (unpaired) electrons. The van der Waals surface area contributed by atoms with Crippen LogP contribution in [0.5, 0.6) is 0 Å². The fourth-order valence-corrected chi connectivity index (χ4v) is 0.862. The van der Waals surface area contributed by atoms with E-state index in [1.54, 1.807) is 6.08 Å². The second-order valence-corrected chi connectivity index (χ2v) is 2.46. The van der Waals surface area contributed by atoms with E-state index in [4.69, 9.17) is 0 Å². The summed E-state index contributed by atoms with van der Waals surface area (Å²) in [5.74, 6) is -0.418. The van der Waals surface area contributed by atoms with Crippen LogP contribution in [0.4, 0.5) is 0 Å². The molecule has 0 aliphatic rings. The number of carbonyl (C=O) groups is 1. The maximum absolute atomic E-state index is 10.6. The Morgan fingerprint density at radius 2 is 2.00 bits per heavy atom. The first kappa shape index (κ1) is 9.00. The fraction of sp³-hybridized carbons (Fsp3) is 0. The quantitative estimate of drug-likeness (QED) is 0.725. The topological polar surface area (TPSA) is 26.3 Å².